The van der Waals surface area contributed by atoms with Gasteiger partial charge in [-0.05, 0) is 35.4 Å². The average Bonchev–Trinajstić information content (AvgIpc) is 2.27. The highest BCUT2D eigenvalue weighted by molar-refractivity contribution is 5.94. The molecule has 106 valence electrons. The van der Waals surface area contributed by atoms with Gasteiger partial charge in [0, 0.05) is 5.69 Å². The number of hydrogen-bond donors (Lipinski definition) is 2. The molecule has 0 unspecified atom stereocenters. The molecular formula is C16H26N2O. The number of nitrogens with one attached hydrogen (secondary N) is 1. The fraction of sp³-hybridized carbons (Fsp3) is 0.562. The van der Waals surface area contributed by atoms with Crippen LogP contribution in [-0.4, -0.2) is 11.9 Å². The van der Waals surface area contributed by atoms with Gasteiger partial charge in [-0.2, -0.15) is 0 Å². The maximum absolute atomic E-state index is 11.9. The van der Waals surface area contributed by atoms with Gasteiger partial charge in [-0.1, -0.05) is 46.8 Å². The minimum absolute atomic E-state index is 0.114. The number of hydrogen-bond acceptors (Lipinski definition) is 2. The fourth-order valence-corrected chi connectivity index (χ4v) is 1.90. The van der Waals surface area contributed by atoms with Crippen molar-refractivity contribution in [2.75, 3.05) is 5.32 Å². The topological polar surface area (TPSA) is 55.1 Å². The Morgan fingerprint density at radius 1 is 1.21 bits per heavy atom. The van der Waals surface area contributed by atoms with E-state index in [-0.39, 0.29) is 11.3 Å². The predicted molar refractivity (Wildman–Crippen MR) is 81.2 cm³/mol. The molecule has 1 rings (SSSR count). The summed E-state index contributed by atoms with van der Waals surface area (Å²) in [5.74, 6) is 0.307. The van der Waals surface area contributed by atoms with Crippen molar-refractivity contribution in [2.24, 2.45) is 11.7 Å². The molecule has 1 amide bonds. The maximum Gasteiger partial charge on any atom is 0.241 e. The van der Waals surface area contributed by atoms with Gasteiger partial charge in [-0.3, -0.25) is 4.79 Å². The van der Waals surface area contributed by atoms with Crippen molar-refractivity contribution in [2.45, 2.75) is 52.5 Å². The molecule has 0 aliphatic rings. The smallest absolute Gasteiger partial charge is 0.241 e. The quantitative estimate of drug-likeness (QED) is 0.874. The van der Waals surface area contributed by atoms with Gasteiger partial charge in [0.15, 0.2) is 0 Å². The summed E-state index contributed by atoms with van der Waals surface area (Å²) < 4.78 is 0. The van der Waals surface area contributed by atoms with Crippen LogP contribution < -0.4 is 11.1 Å². The van der Waals surface area contributed by atoms with Crippen LogP contribution in [0, 0.1) is 5.92 Å². The highest BCUT2D eigenvalue weighted by atomic mass is 16.2. The summed E-state index contributed by atoms with van der Waals surface area (Å²) in [6, 6.07) is 7.51. The second-order valence-corrected chi connectivity index (χ2v) is 6.55. The van der Waals surface area contributed by atoms with E-state index in [0.717, 1.165) is 5.69 Å². The summed E-state index contributed by atoms with van der Waals surface area (Å²) in [5.41, 5.74) is 8.02. The molecule has 0 saturated carbocycles. The van der Waals surface area contributed by atoms with Crippen molar-refractivity contribution in [3.63, 3.8) is 0 Å². The van der Waals surface area contributed by atoms with E-state index in [1.54, 1.807) is 0 Å². The molecule has 3 heteroatoms. The van der Waals surface area contributed by atoms with E-state index in [9.17, 15) is 4.79 Å². The lowest BCUT2D eigenvalue weighted by Gasteiger charge is -2.19. The SMILES string of the molecule is CC(C)C[C@H](N)C(=O)Nc1ccc(C(C)(C)C)cc1. The second-order valence-electron chi connectivity index (χ2n) is 6.55. The van der Waals surface area contributed by atoms with Crippen molar-refractivity contribution < 1.29 is 4.79 Å². The highest BCUT2D eigenvalue weighted by Gasteiger charge is 2.16. The Morgan fingerprint density at radius 2 is 1.74 bits per heavy atom. The van der Waals surface area contributed by atoms with Crippen molar-refractivity contribution in [1.29, 1.82) is 0 Å². The van der Waals surface area contributed by atoms with Crippen LogP contribution >= 0.6 is 0 Å². The summed E-state index contributed by atoms with van der Waals surface area (Å²) in [6.07, 6.45) is 0.700. The van der Waals surface area contributed by atoms with Crippen LogP contribution in [0.1, 0.15) is 46.6 Å². The third-order valence-corrected chi connectivity index (χ3v) is 3.08. The molecule has 0 radical (unpaired) electrons. The van der Waals surface area contributed by atoms with Crippen molar-refractivity contribution in [1.82, 2.24) is 0 Å². The molecule has 0 aliphatic carbocycles. The van der Waals surface area contributed by atoms with Gasteiger partial charge in [-0.25, -0.2) is 0 Å². The number of amides is 1. The number of anilines is 1. The summed E-state index contributed by atoms with van der Waals surface area (Å²) in [5, 5.41) is 2.86. The molecular weight excluding hydrogens is 236 g/mol. The van der Waals surface area contributed by atoms with E-state index < -0.39 is 6.04 Å². The van der Waals surface area contributed by atoms with Crippen LogP contribution in [0.5, 0.6) is 0 Å². The molecule has 3 nitrogen and oxygen atoms in total. The Kier molecular flexibility index (Phi) is 5.12. The Labute approximate surface area is 116 Å². The fourth-order valence-electron chi connectivity index (χ4n) is 1.90. The van der Waals surface area contributed by atoms with Crippen molar-refractivity contribution in [3.8, 4) is 0 Å². The van der Waals surface area contributed by atoms with E-state index in [1.807, 2.05) is 24.3 Å². The first kappa shape index (κ1) is 15.7. The lowest BCUT2D eigenvalue weighted by molar-refractivity contribution is -0.117. The van der Waals surface area contributed by atoms with Gasteiger partial charge in [0.2, 0.25) is 5.91 Å². The molecule has 0 heterocycles. The van der Waals surface area contributed by atoms with Crippen molar-refractivity contribution in [3.05, 3.63) is 29.8 Å². The number of benzene rings is 1. The van der Waals surface area contributed by atoms with Gasteiger partial charge in [0.1, 0.15) is 0 Å². The predicted octanol–water partition coefficient (Wildman–Crippen LogP) is 3.30. The van der Waals surface area contributed by atoms with Crippen LogP contribution in [0.3, 0.4) is 0 Å². The van der Waals surface area contributed by atoms with E-state index >= 15 is 0 Å². The maximum atomic E-state index is 11.9. The number of nitrogens with two attached hydrogens (primary N) is 1. The summed E-state index contributed by atoms with van der Waals surface area (Å²) in [6.45, 7) is 10.6. The zero-order valence-corrected chi connectivity index (χ0v) is 12.7. The Morgan fingerprint density at radius 3 is 2.16 bits per heavy atom. The second kappa shape index (κ2) is 6.20. The van der Waals surface area contributed by atoms with Crippen LogP contribution in [0.25, 0.3) is 0 Å². The molecule has 1 atom stereocenters. The van der Waals surface area contributed by atoms with E-state index in [0.29, 0.717) is 12.3 Å². The van der Waals surface area contributed by atoms with Crippen LogP contribution in [0.15, 0.2) is 24.3 Å². The molecule has 0 bridgehead atoms. The standard InChI is InChI=1S/C16H26N2O/c1-11(2)10-14(17)15(19)18-13-8-6-12(7-9-13)16(3,4)5/h6-9,11,14H,10,17H2,1-5H3,(H,18,19)/t14-/m0/s1. The number of carbonyl (C=O) groups excluding carboxylic acids is 1. The summed E-state index contributed by atoms with van der Waals surface area (Å²) in [7, 11) is 0. The lowest BCUT2D eigenvalue weighted by Crippen LogP contribution is -2.36. The monoisotopic (exact) mass is 262 g/mol. The molecule has 0 saturated heterocycles. The van der Waals surface area contributed by atoms with E-state index in [1.165, 1.54) is 5.56 Å². The Hall–Kier alpha value is -1.35. The van der Waals surface area contributed by atoms with Gasteiger partial charge in [-0.15, -0.1) is 0 Å². The molecule has 19 heavy (non-hydrogen) atoms. The number of rotatable bonds is 4. The third-order valence-electron chi connectivity index (χ3n) is 3.08. The van der Waals surface area contributed by atoms with Gasteiger partial charge >= 0.3 is 0 Å². The van der Waals surface area contributed by atoms with Gasteiger partial charge < -0.3 is 11.1 Å². The third kappa shape index (κ3) is 5.03. The first-order valence-electron chi connectivity index (χ1n) is 6.87. The van der Waals surface area contributed by atoms with Gasteiger partial charge in [0.05, 0.1) is 6.04 Å². The highest BCUT2D eigenvalue weighted by Crippen LogP contribution is 2.23. The molecule has 0 spiro atoms. The lowest BCUT2D eigenvalue weighted by atomic mass is 9.87. The van der Waals surface area contributed by atoms with Crippen LogP contribution in [0.2, 0.25) is 0 Å². The first-order valence-corrected chi connectivity index (χ1v) is 6.87. The largest absolute Gasteiger partial charge is 0.325 e. The normalized spacial score (nSPS) is 13.4. The molecule has 0 fully saturated rings. The Bertz CT molecular complexity index is 415. The minimum atomic E-state index is -0.442. The molecule has 0 aliphatic heterocycles. The molecule has 1 aromatic carbocycles. The zero-order chi connectivity index (χ0) is 14.6. The molecule has 3 N–H and O–H groups in total. The minimum Gasteiger partial charge on any atom is -0.325 e. The summed E-state index contributed by atoms with van der Waals surface area (Å²) >= 11 is 0. The van der Waals surface area contributed by atoms with Crippen molar-refractivity contribution >= 4 is 11.6 Å². The molecule has 0 aromatic heterocycles. The zero-order valence-electron chi connectivity index (χ0n) is 12.7. The molecule has 1 aromatic rings. The van der Waals surface area contributed by atoms with Crippen LogP contribution in [0.4, 0.5) is 5.69 Å². The summed E-state index contributed by atoms with van der Waals surface area (Å²) in [4.78, 5) is 11.9. The Balaban J connectivity index is 2.66. The average molecular weight is 262 g/mol. The van der Waals surface area contributed by atoms with E-state index in [2.05, 4.69) is 39.9 Å². The van der Waals surface area contributed by atoms with E-state index in [4.69, 9.17) is 5.73 Å². The number of carbonyl (C=O) groups is 1. The van der Waals surface area contributed by atoms with Crippen LogP contribution in [-0.2, 0) is 10.2 Å². The van der Waals surface area contributed by atoms with Gasteiger partial charge in [0.25, 0.3) is 0 Å². The first-order chi connectivity index (χ1) is 8.70.